The maximum absolute atomic E-state index is 13.4. The molecule has 1 heterocycles. The second kappa shape index (κ2) is 8.48. The molecule has 0 aromatic heterocycles. The number of hydrogen-bond acceptors (Lipinski definition) is 4. The van der Waals surface area contributed by atoms with E-state index in [-0.39, 0.29) is 29.6 Å². The fourth-order valence-electron chi connectivity index (χ4n) is 4.57. The van der Waals surface area contributed by atoms with Gasteiger partial charge in [-0.15, -0.1) is 8.78 Å². The first-order valence-corrected chi connectivity index (χ1v) is 11.5. The van der Waals surface area contributed by atoms with Gasteiger partial charge in [0.15, 0.2) is 11.5 Å². The molecule has 2 aliphatic rings. The number of fused-ring (bicyclic) bond motifs is 1. The van der Waals surface area contributed by atoms with E-state index in [4.69, 9.17) is 0 Å². The van der Waals surface area contributed by atoms with Gasteiger partial charge in [-0.25, -0.2) is 0 Å². The van der Waals surface area contributed by atoms with Crippen LogP contribution >= 0.6 is 0 Å². The van der Waals surface area contributed by atoms with E-state index in [0.29, 0.717) is 24.9 Å². The fourth-order valence-corrected chi connectivity index (χ4v) is 4.57. The molecule has 5 nitrogen and oxygen atoms in total. The van der Waals surface area contributed by atoms with Crippen molar-refractivity contribution in [2.24, 2.45) is 0 Å². The summed E-state index contributed by atoms with van der Waals surface area (Å²) < 4.78 is 35.9. The van der Waals surface area contributed by atoms with Crippen molar-refractivity contribution in [3.05, 3.63) is 82.9 Å². The van der Waals surface area contributed by atoms with Gasteiger partial charge in [0, 0.05) is 19.9 Å². The molecule has 1 saturated carbocycles. The summed E-state index contributed by atoms with van der Waals surface area (Å²) in [6.45, 7) is 3.99. The van der Waals surface area contributed by atoms with Crippen molar-refractivity contribution in [2.45, 2.75) is 51.4 Å². The van der Waals surface area contributed by atoms with Gasteiger partial charge in [0.1, 0.15) is 5.78 Å². The third-order valence-electron chi connectivity index (χ3n) is 6.71. The summed E-state index contributed by atoms with van der Waals surface area (Å²) in [5.74, 6) is -0.0718. The molecule has 7 heteroatoms. The molecule has 1 aliphatic carbocycles. The predicted octanol–water partition coefficient (Wildman–Crippen LogP) is 5.46. The van der Waals surface area contributed by atoms with Crippen LogP contribution in [0.4, 0.5) is 8.78 Å². The maximum Gasteiger partial charge on any atom is 0.586 e. The van der Waals surface area contributed by atoms with Crippen LogP contribution in [0, 0.1) is 6.92 Å². The first kappa shape index (κ1) is 23.0. The van der Waals surface area contributed by atoms with Crippen LogP contribution in [0.25, 0.3) is 11.1 Å². The van der Waals surface area contributed by atoms with Crippen LogP contribution in [0.15, 0.2) is 60.7 Å². The third-order valence-corrected chi connectivity index (χ3v) is 6.71. The Balaban J connectivity index is 1.34. The smallest absolute Gasteiger partial charge is 0.395 e. The molecule has 1 amide bonds. The minimum absolute atomic E-state index is 0.0201. The van der Waals surface area contributed by atoms with Crippen LogP contribution in [-0.2, 0) is 28.0 Å². The number of amides is 1. The van der Waals surface area contributed by atoms with Gasteiger partial charge in [-0.1, -0.05) is 48.5 Å². The molecule has 0 radical (unpaired) electrons. The van der Waals surface area contributed by atoms with Crippen molar-refractivity contribution in [3.63, 3.8) is 0 Å². The van der Waals surface area contributed by atoms with Gasteiger partial charge in [-0.2, -0.15) is 0 Å². The molecule has 5 rings (SSSR count). The lowest BCUT2D eigenvalue weighted by molar-refractivity contribution is -0.286. The van der Waals surface area contributed by atoms with Crippen molar-refractivity contribution in [1.29, 1.82) is 0 Å². The SMILES string of the molecule is CC(=O)NCc1ccc(-c2cc(CC(=O)C3(c4ccc5c(c4)OC(F)(F)O5)CC3)ccc2C)cc1. The molecule has 3 aromatic rings. The number of benzene rings is 3. The predicted molar refractivity (Wildman–Crippen MR) is 126 cm³/mol. The number of carbonyl (C=O) groups excluding carboxylic acids is 2. The lowest BCUT2D eigenvalue weighted by Gasteiger charge is -2.16. The van der Waals surface area contributed by atoms with Crippen LogP contribution < -0.4 is 14.8 Å². The Morgan fingerprint density at radius 1 is 0.914 bits per heavy atom. The molecule has 35 heavy (non-hydrogen) atoms. The van der Waals surface area contributed by atoms with E-state index in [1.165, 1.54) is 19.1 Å². The number of ketones is 1. The highest BCUT2D eigenvalue weighted by Crippen LogP contribution is 2.52. The van der Waals surface area contributed by atoms with E-state index in [1.54, 1.807) is 6.07 Å². The van der Waals surface area contributed by atoms with E-state index in [9.17, 15) is 18.4 Å². The first-order valence-electron chi connectivity index (χ1n) is 11.5. The molecule has 3 aromatic carbocycles. The topological polar surface area (TPSA) is 64.6 Å². The number of nitrogens with one attached hydrogen (secondary N) is 1. The van der Waals surface area contributed by atoms with Crippen LogP contribution in [0.1, 0.15) is 42.0 Å². The largest absolute Gasteiger partial charge is 0.586 e. The number of alkyl halides is 2. The summed E-state index contributed by atoms with van der Waals surface area (Å²) in [6.07, 6.45) is -2.08. The lowest BCUT2D eigenvalue weighted by atomic mass is 9.87. The van der Waals surface area contributed by atoms with Crippen molar-refractivity contribution in [1.82, 2.24) is 5.32 Å². The number of rotatable bonds is 7. The highest BCUT2D eigenvalue weighted by molar-refractivity contribution is 5.95. The molecule has 1 N–H and O–H groups in total. The van der Waals surface area contributed by atoms with Crippen molar-refractivity contribution in [2.75, 3.05) is 0 Å². The van der Waals surface area contributed by atoms with Crippen LogP contribution in [0.3, 0.4) is 0 Å². The van der Waals surface area contributed by atoms with E-state index < -0.39 is 11.7 Å². The second-order valence-electron chi connectivity index (χ2n) is 9.27. The number of aryl methyl sites for hydroxylation is 1. The Labute approximate surface area is 202 Å². The van der Waals surface area contributed by atoms with Gasteiger partial charge < -0.3 is 14.8 Å². The van der Waals surface area contributed by atoms with Gasteiger partial charge in [0.2, 0.25) is 5.91 Å². The summed E-state index contributed by atoms with van der Waals surface area (Å²) >= 11 is 0. The Kier molecular flexibility index (Phi) is 5.58. The van der Waals surface area contributed by atoms with Gasteiger partial charge in [0.25, 0.3) is 0 Å². The van der Waals surface area contributed by atoms with Crippen LogP contribution in [0.5, 0.6) is 11.5 Å². The first-order chi connectivity index (χ1) is 16.6. The summed E-state index contributed by atoms with van der Waals surface area (Å²) in [7, 11) is 0. The Hall–Kier alpha value is -3.74. The average molecular weight is 478 g/mol. The number of hydrogen-bond donors (Lipinski definition) is 1. The second-order valence-corrected chi connectivity index (χ2v) is 9.27. The molecule has 0 saturated heterocycles. The summed E-state index contributed by atoms with van der Waals surface area (Å²) in [6, 6.07) is 18.6. The fraction of sp³-hybridized carbons (Fsp3) is 0.286. The molecule has 0 atom stereocenters. The van der Waals surface area contributed by atoms with Crippen molar-refractivity contribution < 1.29 is 27.8 Å². The highest BCUT2D eigenvalue weighted by Gasteiger charge is 2.52. The zero-order valence-corrected chi connectivity index (χ0v) is 19.5. The Bertz CT molecular complexity index is 1310. The molecular weight excluding hydrogens is 452 g/mol. The van der Waals surface area contributed by atoms with Gasteiger partial charge in [0.05, 0.1) is 5.41 Å². The molecule has 1 fully saturated rings. The summed E-state index contributed by atoms with van der Waals surface area (Å²) in [4.78, 5) is 24.5. The molecule has 0 unspecified atom stereocenters. The minimum Gasteiger partial charge on any atom is -0.395 e. The molecule has 1 aliphatic heterocycles. The van der Waals surface area contributed by atoms with Crippen molar-refractivity contribution >= 4 is 11.7 Å². The Morgan fingerprint density at radius 3 is 2.29 bits per heavy atom. The van der Waals surface area contributed by atoms with E-state index in [1.807, 2.05) is 49.4 Å². The minimum atomic E-state index is -3.68. The summed E-state index contributed by atoms with van der Waals surface area (Å²) in [5, 5.41) is 2.79. The molecular formula is C28H25F2NO4. The van der Waals surface area contributed by atoms with Gasteiger partial charge in [-0.3, -0.25) is 9.59 Å². The van der Waals surface area contributed by atoms with E-state index in [2.05, 4.69) is 14.8 Å². The summed E-state index contributed by atoms with van der Waals surface area (Å²) in [5.41, 5.74) is 5.07. The number of carbonyl (C=O) groups is 2. The van der Waals surface area contributed by atoms with Crippen LogP contribution in [-0.4, -0.2) is 18.0 Å². The number of halogens is 2. The lowest BCUT2D eigenvalue weighted by Crippen LogP contribution is -2.26. The van der Waals surface area contributed by atoms with Gasteiger partial charge in [-0.05, 0) is 65.3 Å². The molecule has 0 bridgehead atoms. The number of ether oxygens (including phenoxy) is 2. The molecule has 180 valence electrons. The monoisotopic (exact) mass is 477 g/mol. The zero-order valence-electron chi connectivity index (χ0n) is 19.5. The highest BCUT2D eigenvalue weighted by atomic mass is 19.3. The van der Waals surface area contributed by atoms with E-state index >= 15 is 0 Å². The quantitative estimate of drug-likeness (QED) is 0.491. The van der Waals surface area contributed by atoms with E-state index in [0.717, 1.165) is 27.8 Å². The average Bonchev–Trinajstić information content (AvgIpc) is 3.56. The third kappa shape index (κ3) is 4.63. The van der Waals surface area contributed by atoms with Crippen LogP contribution in [0.2, 0.25) is 0 Å². The zero-order chi connectivity index (χ0) is 24.8. The van der Waals surface area contributed by atoms with Gasteiger partial charge >= 0.3 is 6.29 Å². The number of Topliss-reactive ketones (excluding diaryl/α,β-unsaturated/α-hetero) is 1. The maximum atomic E-state index is 13.4. The normalized spacial score (nSPS) is 16.6. The van der Waals surface area contributed by atoms with Crippen molar-refractivity contribution in [3.8, 4) is 22.6 Å². The Morgan fingerprint density at radius 2 is 1.60 bits per heavy atom. The molecule has 0 spiro atoms. The standard InChI is InChI=1S/C28H25F2NO4/c1-17-3-4-20(13-23(17)21-7-5-19(6-8-21)16-31-18(2)32)14-26(33)27(11-12-27)22-9-10-24-25(15-22)35-28(29,30)34-24/h3-10,13,15H,11-12,14,16H2,1-2H3,(H,31,32).